The molecule has 5 heteroatoms. The first kappa shape index (κ1) is 19.5. The van der Waals surface area contributed by atoms with Crippen LogP contribution in [0.15, 0.2) is 24.3 Å². The molecule has 0 atom stereocenters. The van der Waals surface area contributed by atoms with Crippen LogP contribution >= 0.6 is 12.4 Å². The van der Waals surface area contributed by atoms with Gasteiger partial charge < -0.3 is 9.31 Å². The van der Waals surface area contributed by atoms with Crippen LogP contribution in [0, 0.1) is 0 Å². The van der Waals surface area contributed by atoms with Crippen LogP contribution in [0.5, 0.6) is 0 Å². The molecule has 0 N–H and O–H groups in total. The smallest absolute Gasteiger partial charge is 0.399 e. The van der Waals surface area contributed by atoms with Crippen molar-refractivity contribution in [1.82, 2.24) is 4.90 Å². The third-order valence-electron chi connectivity index (χ3n) is 4.81. The van der Waals surface area contributed by atoms with E-state index in [0.29, 0.717) is 0 Å². The maximum Gasteiger partial charge on any atom is 0.494 e. The predicted octanol–water partition coefficient (Wildman–Crippen LogP) is 3.25. The number of rotatable bonds is 5. The quantitative estimate of drug-likeness (QED) is 0.776. The second-order valence-electron chi connectivity index (χ2n) is 6.79. The van der Waals surface area contributed by atoms with Crippen LogP contribution in [0.25, 0.3) is 0 Å². The van der Waals surface area contributed by atoms with E-state index < -0.39 is 0 Å². The van der Waals surface area contributed by atoms with Crippen molar-refractivity contribution >= 4 is 25.0 Å². The Morgan fingerprint density at radius 2 is 1.36 bits per heavy atom. The molecule has 0 saturated carbocycles. The minimum absolute atomic E-state index is 0. The third-order valence-corrected chi connectivity index (χ3v) is 4.81. The molecule has 0 amide bonds. The molecule has 2 rings (SSSR count). The number of benzene rings is 1. The Kier molecular flexibility index (Phi) is 6.52. The van der Waals surface area contributed by atoms with Gasteiger partial charge in [0.05, 0.1) is 11.2 Å². The van der Waals surface area contributed by atoms with Gasteiger partial charge in [-0.3, -0.25) is 4.90 Å². The average Bonchev–Trinajstić information content (AvgIpc) is 2.65. The molecule has 0 unspecified atom stereocenters. The summed E-state index contributed by atoms with van der Waals surface area (Å²) in [6, 6.07) is 8.61. The van der Waals surface area contributed by atoms with Crippen LogP contribution in [0.2, 0.25) is 0 Å². The molecule has 1 fully saturated rings. The van der Waals surface area contributed by atoms with E-state index in [4.69, 9.17) is 9.31 Å². The SMILES string of the molecule is CCN(CC)Cc1ccc(B2OC(C)(C)C(C)(C)O2)cc1.Cl. The third kappa shape index (κ3) is 4.05. The molecule has 1 aromatic carbocycles. The Hall–Kier alpha value is -0.545. The molecule has 1 heterocycles. The average molecular weight is 326 g/mol. The standard InChI is InChI=1S/C17H28BNO2.ClH/c1-7-19(8-2)13-14-9-11-15(12-10-14)18-20-16(3,4)17(5,6)21-18;/h9-12H,7-8,13H2,1-6H3;1H. The molecule has 3 nitrogen and oxygen atoms in total. The molecule has 0 radical (unpaired) electrons. The molecule has 1 aliphatic heterocycles. The number of nitrogens with zero attached hydrogens (tertiary/aromatic N) is 1. The van der Waals surface area contributed by atoms with E-state index in [-0.39, 0.29) is 30.7 Å². The monoisotopic (exact) mass is 325 g/mol. The van der Waals surface area contributed by atoms with Gasteiger partial charge in [-0.05, 0) is 51.8 Å². The second-order valence-corrected chi connectivity index (χ2v) is 6.79. The van der Waals surface area contributed by atoms with E-state index in [0.717, 1.165) is 25.1 Å². The van der Waals surface area contributed by atoms with E-state index in [1.165, 1.54) is 5.56 Å². The van der Waals surface area contributed by atoms with Gasteiger partial charge >= 0.3 is 7.12 Å². The number of hydrogen-bond acceptors (Lipinski definition) is 3. The lowest BCUT2D eigenvalue weighted by Crippen LogP contribution is -2.41. The van der Waals surface area contributed by atoms with E-state index in [9.17, 15) is 0 Å². The highest BCUT2D eigenvalue weighted by molar-refractivity contribution is 6.62. The van der Waals surface area contributed by atoms with Crippen molar-refractivity contribution in [2.45, 2.75) is 59.3 Å². The Morgan fingerprint density at radius 1 is 0.909 bits per heavy atom. The van der Waals surface area contributed by atoms with Gasteiger partial charge in [-0.15, -0.1) is 12.4 Å². The predicted molar refractivity (Wildman–Crippen MR) is 96.0 cm³/mol. The fraction of sp³-hybridized carbons (Fsp3) is 0.647. The van der Waals surface area contributed by atoms with Gasteiger partial charge in [0, 0.05) is 6.54 Å². The van der Waals surface area contributed by atoms with Crippen molar-refractivity contribution in [2.75, 3.05) is 13.1 Å². The summed E-state index contributed by atoms with van der Waals surface area (Å²) in [5, 5.41) is 0. The molecular weight excluding hydrogens is 296 g/mol. The van der Waals surface area contributed by atoms with Crippen molar-refractivity contribution in [3.8, 4) is 0 Å². The first-order chi connectivity index (χ1) is 9.79. The summed E-state index contributed by atoms with van der Waals surface area (Å²) in [5.74, 6) is 0. The maximum atomic E-state index is 6.08. The van der Waals surface area contributed by atoms with Crippen molar-refractivity contribution < 1.29 is 9.31 Å². The van der Waals surface area contributed by atoms with Crippen LogP contribution in [0.3, 0.4) is 0 Å². The van der Waals surface area contributed by atoms with Crippen LogP contribution in [-0.2, 0) is 15.9 Å². The summed E-state index contributed by atoms with van der Waals surface area (Å²) >= 11 is 0. The molecule has 0 spiro atoms. The van der Waals surface area contributed by atoms with Crippen LogP contribution in [-0.4, -0.2) is 36.3 Å². The summed E-state index contributed by atoms with van der Waals surface area (Å²) in [5.41, 5.74) is 1.87. The van der Waals surface area contributed by atoms with E-state index in [2.05, 4.69) is 70.7 Å². The molecule has 1 aromatic rings. The summed E-state index contributed by atoms with van der Waals surface area (Å²) in [6.07, 6.45) is 0. The zero-order valence-corrected chi connectivity index (χ0v) is 15.5. The summed E-state index contributed by atoms with van der Waals surface area (Å²) < 4.78 is 12.2. The van der Waals surface area contributed by atoms with Crippen molar-refractivity contribution in [2.24, 2.45) is 0 Å². The molecular formula is C17H29BClNO2. The van der Waals surface area contributed by atoms with Gasteiger partial charge in [0.1, 0.15) is 0 Å². The van der Waals surface area contributed by atoms with Gasteiger partial charge in [-0.2, -0.15) is 0 Å². The second kappa shape index (κ2) is 7.35. The Morgan fingerprint density at radius 3 is 1.77 bits per heavy atom. The lowest BCUT2D eigenvalue weighted by molar-refractivity contribution is 0.00578. The maximum absolute atomic E-state index is 6.08. The lowest BCUT2D eigenvalue weighted by Gasteiger charge is -2.32. The van der Waals surface area contributed by atoms with Crippen LogP contribution < -0.4 is 5.46 Å². The Bertz CT molecular complexity index is 456. The molecule has 0 aliphatic carbocycles. The van der Waals surface area contributed by atoms with Crippen molar-refractivity contribution in [1.29, 1.82) is 0 Å². The minimum Gasteiger partial charge on any atom is -0.399 e. The number of halogens is 1. The van der Waals surface area contributed by atoms with Gasteiger partial charge in [-0.1, -0.05) is 38.1 Å². The molecule has 124 valence electrons. The molecule has 22 heavy (non-hydrogen) atoms. The Labute approximate surface area is 141 Å². The zero-order chi connectivity index (χ0) is 15.7. The highest BCUT2D eigenvalue weighted by atomic mass is 35.5. The normalized spacial score (nSPS) is 19.3. The van der Waals surface area contributed by atoms with Gasteiger partial charge in [0.15, 0.2) is 0 Å². The Balaban J connectivity index is 0.00000242. The first-order valence-electron chi connectivity index (χ1n) is 7.96. The van der Waals surface area contributed by atoms with Gasteiger partial charge in [0.25, 0.3) is 0 Å². The van der Waals surface area contributed by atoms with Crippen LogP contribution in [0.4, 0.5) is 0 Å². The zero-order valence-electron chi connectivity index (χ0n) is 14.7. The minimum atomic E-state index is -0.280. The molecule has 0 aromatic heterocycles. The molecule has 1 aliphatic rings. The highest BCUT2D eigenvalue weighted by Crippen LogP contribution is 2.36. The van der Waals surface area contributed by atoms with Crippen LogP contribution in [0.1, 0.15) is 47.1 Å². The highest BCUT2D eigenvalue weighted by Gasteiger charge is 2.51. The van der Waals surface area contributed by atoms with Crippen molar-refractivity contribution in [3.05, 3.63) is 29.8 Å². The van der Waals surface area contributed by atoms with Crippen molar-refractivity contribution in [3.63, 3.8) is 0 Å². The van der Waals surface area contributed by atoms with E-state index >= 15 is 0 Å². The number of hydrogen-bond donors (Lipinski definition) is 0. The lowest BCUT2D eigenvalue weighted by atomic mass is 9.79. The molecule has 1 saturated heterocycles. The topological polar surface area (TPSA) is 21.7 Å². The molecule has 0 bridgehead atoms. The summed E-state index contributed by atoms with van der Waals surface area (Å²) in [4.78, 5) is 2.41. The fourth-order valence-corrected chi connectivity index (χ4v) is 2.46. The van der Waals surface area contributed by atoms with Gasteiger partial charge in [0.2, 0.25) is 0 Å². The van der Waals surface area contributed by atoms with Gasteiger partial charge in [-0.25, -0.2) is 0 Å². The summed E-state index contributed by atoms with van der Waals surface area (Å²) in [7, 11) is -0.266. The first-order valence-corrected chi connectivity index (χ1v) is 7.96. The van der Waals surface area contributed by atoms with E-state index in [1.54, 1.807) is 0 Å². The fourth-order valence-electron chi connectivity index (χ4n) is 2.46. The largest absolute Gasteiger partial charge is 0.494 e. The van der Waals surface area contributed by atoms with E-state index in [1.807, 2.05) is 0 Å². The summed E-state index contributed by atoms with van der Waals surface area (Å²) in [6.45, 7) is 15.9.